The molecule has 184 valence electrons. The number of aliphatic hydroxyl groups excluding tert-OH is 1. The average Bonchev–Trinajstić information content (AvgIpc) is 2.79. The van der Waals surface area contributed by atoms with Gasteiger partial charge in [0, 0.05) is 13.1 Å². The molecule has 9 heteroatoms. The summed E-state index contributed by atoms with van der Waals surface area (Å²) >= 11 is 0. The second-order valence-electron chi connectivity index (χ2n) is 7.36. The molecule has 0 aliphatic heterocycles. The normalized spacial score (nSPS) is 11.9. The number of halogens is 1. The van der Waals surface area contributed by atoms with Gasteiger partial charge in [-0.05, 0) is 56.2 Å². The van der Waals surface area contributed by atoms with Gasteiger partial charge in [-0.2, -0.15) is 0 Å². The van der Waals surface area contributed by atoms with Crippen molar-refractivity contribution in [3.8, 4) is 23.0 Å². The van der Waals surface area contributed by atoms with Crippen molar-refractivity contribution in [3.05, 3.63) is 47.5 Å². The molecule has 1 unspecified atom stereocenters. The van der Waals surface area contributed by atoms with Gasteiger partial charge in [0.05, 0.1) is 40.1 Å². The molecule has 1 atom stereocenters. The van der Waals surface area contributed by atoms with E-state index in [-0.39, 0.29) is 30.1 Å². The Kier molecular flexibility index (Phi) is 12.7. The summed E-state index contributed by atoms with van der Waals surface area (Å²) in [5.41, 5.74) is 1.67. The van der Waals surface area contributed by atoms with Crippen LogP contribution in [0.15, 0.2) is 41.4 Å². The lowest BCUT2D eigenvalue weighted by Gasteiger charge is -2.17. The molecule has 0 fully saturated rings. The van der Waals surface area contributed by atoms with Gasteiger partial charge in [-0.15, -0.1) is 24.0 Å². The van der Waals surface area contributed by atoms with Crippen LogP contribution in [0.1, 0.15) is 38.0 Å². The highest BCUT2D eigenvalue weighted by Gasteiger charge is 2.14. The Hall–Kier alpha value is -2.40. The van der Waals surface area contributed by atoms with E-state index >= 15 is 0 Å². The minimum Gasteiger partial charge on any atom is -0.493 e. The van der Waals surface area contributed by atoms with Gasteiger partial charge in [-0.25, -0.2) is 4.99 Å². The third kappa shape index (κ3) is 8.81. The number of methoxy groups -OCH3 is 3. The largest absolute Gasteiger partial charge is 0.493 e. The predicted molar refractivity (Wildman–Crippen MR) is 141 cm³/mol. The van der Waals surface area contributed by atoms with Gasteiger partial charge in [0.1, 0.15) is 5.75 Å². The Labute approximate surface area is 213 Å². The third-order valence-corrected chi connectivity index (χ3v) is 4.57. The maximum absolute atomic E-state index is 10.6. The lowest BCUT2D eigenvalue weighted by Crippen LogP contribution is -2.39. The van der Waals surface area contributed by atoms with Gasteiger partial charge in [-0.1, -0.05) is 12.1 Å². The van der Waals surface area contributed by atoms with Gasteiger partial charge >= 0.3 is 0 Å². The number of ether oxygens (including phenoxy) is 4. The van der Waals surface area contributed by atoms with Gasteiger partial charge in [0.2, 0.25) is 5.75 Å². The molecule has 0 saturated carbocycles. The molecule has 0 aliphatic rings. The van der Waals surface area contributed by atoms with Crippen LogP contribution < -0.4 is 29.6 Å². The van der Waals surface area contributed by atoms with E-state index in [0.29, 0.717) is 42.8 Å². The highest BCUT2D eigenvalue weighted by Crippen LogP contribution is 2.38. The van der Waals surface area contributed by atoms with Gasteiger partial charge in [-0.3, -0.25) is 0 Å². The first-order chi connectivity index (χ1) is 15.4. The second-order valence-corrected chi connectivity index (χ2v) is 7.36. The zero-order chi connectivity index (χ0) is 23.5. The van der Waals surface area contributed by atoms with Crippen molar-refractivity contribution in [2.75, 3.05) is 34.4 Å². The molecule has 0 aliphatic carbocycles. The average molecular weight is 573 g/mol. The van der Waals surface area contributed by atoms with Crippen molar-refractivity contribution in [2.24, 2.45) is 4.99 Å². The SMILES string of the molecule is CCNC(=NCc1cc(OC)c(OC)c(OC)c1)NCC(O)c1cccc(OC(C)C)c1.I. The first-order valence-corrected chi connectivity index (χ1v) is 10.7. The van der Waals surface area contributed by atoms with E-state index in [1.165, 1.54) is 0 Å². The van der Waals surface area contributed by atoms with E-state index in [1.807, 2.05) is 57.2 Å². The van der Waals surface area contributed by atoms with E-state index in [4.69, 9.17) is 18.9 Å². The molecule has 0 spiro atoms. The van der Waals surface area contributed by atoms with Gasteiger partial charge < -0.3 is 34.7 Å². The number of benzene rings is 2. The summed E-state index contributed by atoms with van der Waals surface area (Å²) in [7, 11) is 4.73. The minimum atomic E-state index is -0.712. The first kappa shape index (κ1) is 28.6. The van der Waals surface area contributed by atoms with Crippen LogP contribution in [0.5, 0.6) is 23.0 Å². The van der Waals surface area contributed by atoms with E-state index in [2.05, 4.69) is 15.6 Å². The number of nitrogens with one attached hydrogen (secondary N) is 2. The summed E-state index contributed by atoms with van der Waals surface area (Å²) in [5.74, 6) is 3.02. The van der Waals surface area contributed by atoms with Crippen molar-refractivity contribution in [1.82, 2.24) is 10.6 Å². The third-order valence-electron chi connectivity index (χ3n) is 4.57. The number of hydrogen-bond donors (Lipinski definition) is 3. The summed E-state index contributed by atoms with van der Waals surface area (Å²) in [5, 5.41) is 17.0. The zero-order valence-corrected chi connectivity index (χ0v) is 22.5. The molecule has 2 rings (SSSR count). The Morgan fingerprint density at radius 1 is 1.00 bits per heavy atom. The Balaban J connectivity index is 0.00000544. The summed E-state index contributed by atoms with van der Waals surface area (Å²) in [6.45, 7) is 7.30. The maximum atomic E-state index is 10.6. The number of aliphatic imine (C=N–C) groups is 1. The van der Waals surface area contributed by atoms with Crippen molar-refractivity contribution in [3.63, 3.8) is 0 Å². The standard InChI is InChI=1S/C24H35N3O5.HI/c1-7-25-24(26-14-17-11-21(29-4)23(31-6)22(12-17)30-5)27-15-20(28)18-9-8-10-19(13-18)32-16(2)3;/h8-13,16,20,28H,7,14-15H2,1-6H3,(H2,25,26,27);1H. The van der Waals surface area contributed by atoms with Crippen molar-refractivity contribution < 1.29 is 24.1 Å². The molecule has 0 radical (unpaired) electrons. The van der Waals surface area contributed by atoms with E-state index in [1.54, 1.807) is 21.3 Å². The lowest BCUT2D eigenvalue weighted by molar-refractivity contribution is 0.179. The van der Waals surface area contributed by atoms with Crippen LogP contribution in [-0.4, -0.2) is 51.6 Å². The molecule has 8 nitrogen and oxygen atoms in total. The molecule has 2 aromatic carbocycles. The second kappa shape index (κ2) is 14.7. The van der Waals surface area contributed by atoms with Crippen LogP contribution in [0.2, 0.25) is 0 Å². The topological polar surface area (TPSA) is 93.6 Å². The summed E-state index contributed by atoms with van der Waals surface area (Å²) in [4.78, 5) is 4.62. The molecule has 0 aromatic heterocycles. The number of rotatable bonds is 11. The van der Waals surface area contributed by atoms with Gasteiger partial charge in [0.15, 0.2) is 17.5 Å². The van der Waals surface area contributed by atoms with E-state index < -0.39 is 6.10 Å². The van der Waals surface area contributed by atoms with Gasteiger partial charge in [0.25, 0.3) is 0 Å². The number of hydrogen-bond acceptors (Lipinski definition) is 6. The van der Waals surface area contributed by atoms with Crippen LogP contribution in [0.3, 0.4) is 0 Å². The fourth-order valence-electron chi connectivity index (χ4n) is 3.12. The number of aliphatic hydroxyl groups is 1. The smallest absolute Gasteiger partial charge is 0.203 e. The fourth-order valence-corrected chi connectivity index (χ4v) is 3.12. The van der Waals surface area contributed by atoms with Crippen LogP contribution in [-0.2, 0) is 6.54 Å². The molecule has 0 saturated heterocycles. The molecule has 2 aromatic rings. The lowest BCUT2D eigenvalue weighted by atomic mass is 10.1. The molecule has 0 heterocycles. The van der Waals surface area contributed by atoms with E-state index in [9.17, 15) is 5.11 Å². The summed E-state index contributed by atoms with van der Waals surface area (Å²) < 4.78 is 21.9. The fraction of sp³-hybridized carbons (Fsp3) is 0.458. The van der Waals surface area contributed by atoms with Crippen LogP contribution in [0.25, 0.3) is 0 Å². The highest BCUT2D eigenvalue weighted by atomic mass is 127. The molecular formula is C24H36IN3O5. The molecule has 0 amide bonds. The zero-order valence-electron chi connectivity index (χ0n) is 20.2. The molecular weight excluding hydrogens is 537 g/mol. The predicted octanol–water partition coefficient (Wildman–Crippen LogP) is 3.91. The number of guanidine groups is 1. The van der Waals surface area contributed by atoms with Crippen molar-refractivity contribution in [1.29, 1.82) is 0 Å². The quantitative estimate of drug-likeness (QED) is 0.213. The van der Waals surface area contributed by atoms with E-state index in [0.717, 1.165) is 16.9 Å². The summed E-state index contributed by atoms with van der Waals surface area (Å²) in [6.07, 6.45) is -0.640. The highest BCUT2D eigenvalue weighted by molar-refractivity contribution is 14.0. The molecule has 33 heavy (non-hydrogen) atoms. The number of nitrogens with zero attached hydrogens (tertiary/aromatic N) is 1. The van der Waals surface area contributed by atoms with Crippen molar-refractivity contribution in [2.45, 2.75) is 39.5 Å². The molecule has 0 bridgehead atoms. The van der Waals surface area contributed by atoms with Crippen LogP contribution in [0, 0.1) is 0 Å². The first-order valence-electron chi connectivity index (χ1n) is 10.7. The summed E-state index contributed by atoms with van der Waals surface area (Å²) in [6, 6.07) is 11.2. The van der Waals surface area contributed by atoms with Crippen LogP contribution in [0.4, 0.5) is 0 Å². The maximum Gasteiger partial charge on any atom is 0.203 e. The van der Waals surface area contributed by atoms with Crippen LogP contribution >= 0.6 is 24.0 Å². The van der Waals surface area contributed by atoms with Crippen molar-refractivity contribution >= 4 is 29.9 Å². The monoisotopic (exact) mass is 573 g/mol. The minimum absolute atomic E-state index is 0. The Bertz CT molecular complexity index is 867. The Morgan fingerprint density at radius 3 is 2.21 bits per heavy atom. The molecule has 3 N–H and O–H groups in total. The Morgan fingerprint density at radius 2 is 1.67 bits per heavy atom.